The van der Waals surface area contributed by atoms with Crippen molar-refractivity contribution >= 4 is 10.0 Å². The molecule has 2 rings (SSSR count). The smallest absolute Gasteiger partial charge is 0.214 e. The van der Waals surface area contributed by atoms with Gasteiger partial charge in [0.05, 0.1) is 37.2 Å². The lowest BCUT2D eigenvalue weighted by Crippen LogP contribution is -2.51. The van der Waals surface area contributed by atoms with Gasteiger partial charge in [-0.25, -0.2) is 13.1 Å². The van der Waals surface area contributed by atoms with Gasteiger partial charge in [0.15, 0.2) is 0 Å². The third-order valence-electron chi connectivity index (χ3n) is 2.99. The van der Waals surface area contributed by atoms with E-state index < -0.39 is 10.0 Å². The Kier molecular flexibility index (Phi) is 4.37. The third kappa shape index (κ3) is 3.62. The normalized spacial score (nSPS) is 30.4. The number of hydrogen-bond donors (Lipinski definition) is 2. The van der Waals surface area contributed by atoms with Crippen molar-refractivity contribution in [3.05, 3.63) is 0 Å². The molecule has 0 bridgehead atoms. The van der Waals surface area contributed by atoms with E-state index in [1.165, 1.54) is 0 Å². The van der Waals surface area contributed by atoms with Crippen LogP contribution in [0.3, 0.4) is 0 Å². The second-order valence-corrected chi connectivity index (χ2v) is 6.46. The molecule has 17 heavy (non-hydrogen) atoms. The average molecular weight is 265 g/mol. The SMILES string of the molecule is O=S(=O)(N[C@H]1COCC[C@H]1OCCO)C1CC1. The molecule has 0 unspecified atom stereocenters. The first-order valence-electron chi connectivity index (χ1n) is 5.95. The van der Waals surface area contributed by atoms with Crippen molar-refractivity contribution in [3.8, 4) is 0 Å². The van der Waals surface area contributed by atoms with Gasteiger partial charge in [0, 0.05) is 6.61 Å². The zero-order valence-electron chi connectivity index (χ0n) is 9.67. The first-order valence-corrected chi connectivity index (χ1v) is 7.49. The summed E-state index contributed by atoms with van der Waals surface area (Å²) in [6.45, 7) is 1.07. The lowest BCUT2D eigenvalue weighted by molar-refractivity contribution is -0.0580. The second kappa shape index (κ2) is 5.62. The number of hydrogen-bond acceptors (Lipinski definition) is 5. The molecule has 1 saturated carbocycles. The summed E-state index contributed by atoms with van der Waals surface area (Å²) in [7, 11) is -3.22. The van der Waals surface area contributed by atoms with Crippen molar-refractivity contribution in [1.29, 1.82) is 0 Å². The molecule has 6 nitrogen and oxygen atoms in total. The topological polar surface area (TPSA) is 84.9 Å². The number of nitrogens with one attached hydrogen (secondary N) is 1. The first-order chi connectivity index (χ1) is 8.13. The molecule has 0 aromatic heterocycles. The first kappa shape index (κ1) is 13.2. The van der Waals surface area contributed by atoms with Crippen LogP contribution < -0.4 is 4.72 Å². The van der Waals surface area contributed by atoms with Crippen molar-refractivity contribution in [1.82, 2.24) is 4.72 Å². The monoisotopic (exact) mass is 265 g/mol. The molecule has 0 aromatic rings. The van der Waals surface area contributed by atoms with E-state index in [9.17, 15) is 8.42 Å². The molecule has 2 fully saturated rings. The summed E-state index contributed by atoms with van der Waals surface area (Å²) in [4.78, 5) is 0. The van der Waals surface area contributed by atoms with E-state index in [2.05, 4.69) is 4.72 Å². The van der Waals surface area contributed by atoms with Gasteiger partial charge in [0.1, 0.15) is 0 Å². The molecule has 1 aliphatic carbocycles. The maximum absolute atomic E-state index is 11.8. The average Bonchev–Trinajstić information content (AvgIpc) is 3.11. The maximum atomic E-state index is 11.8. The van der Waals surface area contributed by atoms with Crippen LogP contribution in [0.5, 0.6) is 0 Å². The number of aliphatic hydroxyl groups is 1. The van der Waals surface area contributed by atoms with Gasteiger partial charge >= 0.3 is 0 Å². The molecular weight excluding hydrogens is 246 g/mol. The largest absolute Gasteiger partial charge is 0.394 e. The van der Waals surface area contributed by atoms with Gasteiger partial charge < -0.3 is 14.6 Å². The van der Waals surface area contributed by atoms with Gasteiger partial charge in [0.2, 0.25) is 10.0 Å². The number of ether oxygens (including phenoxy) is 2. The van der Waals surface area contributed by atoms with E-state index in [1.54, 1.807) is 0 Å². The predicted octanol–water partition coefficient (Wildman–Crippen LogP) is -0.765. The number of rotatable bonds is 6. The molecule has 2 atom stereocenters. The molecule has 0 aromatic carbocycles. The lowest BCUT2D eigenvalue weighted by Gasteiger charge is -2.31. The highest BCUT2D eigenvalue weighted by molar-refractivity contribution is 7.90. The molecule has 2 aliphatic rings. The van der Waals surface area contributed by atoms with Gasteiger partial charge in [-0.2, -0.15) is 0 Å². The molecule has 1 aliphatic heterocycles. The third-order valence-corrected chi connectivity index (χ3v) is 4.98. The van der Waals surface area contributed by atoms with Crippen LogP contribution >= 0.6 is 0 Å². The van der Waals surface area contributed by atoms with Gasteiger partial charge in [-0.05, 0) is 19.3 Å². The minimum Gasteiger partial charge on any atom is -0.394 e. The summed E-state index contributed by atoms with van der Waals surface area (Å²) in [6, 6.07) is -0.333. The molecule has 2 N–H and O–H groups in total. The highest BCUT2D eigenvalue weighted by atomic mass is 32.2. The Bertz CT molecular complexity index is 341. The fraction of sp³-hybridized carbons (Fsp3) is 1.00. The summed E-state index contributed by atoms with van der Waals surface area (Å²) < 4.78 is 37.0. The van der Waals surface area contributed by atoms with Crippen LogP contribution in [0.4, 0.5) is 0 Å². The van der Waals surface area contributed by atoms with Gasteiger partial charge in [0.25, 0.3) is 0 Å². The van der Waals surface area contributed by atoms with Crippen LogP contribution in [0, 0.1) is 0 Å². The Hall–Kier alpha value is -0.210. The number of aliphatic hydroxyl groups excluding tert-OH is 1. The van der Waals surface area contributed by atoms with E-state index in [0.29, 0.717) is 19.6 Å². The zero-order chi connectivity index (χ0) is 12.3. The molecule has 0 spiro atoms. The van der Waals surface area contributed by atoms with E-state index in [4.69, 9.17) is 14.6 Å². The summed E-state index contributed by atoms with van der Waals surface area (Å²) >= 11 is 0. The van der Waals surface area contributed by atoms with Gasteiger partial charge in [-0.1, -0.05) is 0 Å². The molecule has 1 saturated heterocycles. The highest BCUT2D eigenvalue weighted by Gasteiger charge is 2.39. The van der Waals surface area contributed by atoms with E-state index in [0.717, 1.165) is 12.8 Å². The molecule has 0 radical (unpaired) electrons. The molecule has 0 amide bonds. The second-order valence-electron chi connectivity index (χ2n) is 4.47. The summed E-state index contributed by atoms with van der Waals surface area (Å²) in [5.74, 6) is 0. The Labute approximate surface area is 101 Å². The molecular formula is C10H19NO5S. The maximum Gasteiger partial charge on any atom is 0.214 e. The van der Waals surface area contributed by atoms with Crippen LogP contribution in [-0.2, 0) is 19.5 Å². The summed E-state index contributed by atoms with van der Waals surface area (Å²) in [6.07, 6.45) is 1.93. The van der Waals surface area contributed by atoms with E-state index >= 15 is 0 Å². The Morgan fingerprint density at radius 3 is 2.76 bits per heavy atom. The number of sulfonamides is 1. The van der Waals surface area contributed by atoms with Crippen LogP contribution in [0.15, 0.2) is 0 Å². The van der Waals surface area contributed by atoms with Gasteiger partial charge in [-0.3, -0.25) is 0 Å². The minimum atomic E-state index is -3.22. The Morgan fingerprint density at radius 2 is 2.12 bits per heavy atom. The zero-order valence-corrected chi connectivity index (χ0v) is 10.5. The minimum absolute atomic E-state index is 0.0561. The lowest BCUT2D eigenvalue weighted by atomic mass is 10.1. The summed E-state index contributed by atoms with van der Waals surface area (Å²) in [5, 5.41) is 8.49. The van der Waals surface area contributed by atoms with Crippen LogP contribution in [0.25, 0.3) is 0 Å². The standard InChI is InChI=1S/C10H19NO5S/c12-4-6-16-10-3-5-15-7-9(10)11-17(13,14)8-1-2-8/h8-12H,1-7H2/t9-,10+/m0/s1. The highest BCUT2D eigenvalue weighted by Crippen LogP contribution is 2.28. The van der Waals surface area contributed by atoms with E-state index in [1.807, 2.05) is 0 Å². The van der Waals surface area contributed by atoms with Crippen molar-refractivity contribution in [3.63, 3.8) is 0 Å². The Balaban J connectivity index is 1.91. The molecule has 7 heteroatoms. The van der Waals surface area contributed by atoms with E-state index in [-0.39, 0.29) is 30.6 Å². The fourth-order valence-electron chi connectivity index (χ4n) is 1.92. The van der Waals surface area contributed by atoms with Gasteiger partial charge in [-0.15, -0.1) is 0 Å². The molecule has 1 heterocycles. The van der Waals surface area contributed by atoms with Crippen molar-refractivity contribution in [2.24, 2.45) is 0 Å². The van der Waals surface area contributed by atoms with Crippen LogP contribution in [0.2, 0.25) is 0 Å². The van der Waals surface area contributed by atoms with Crippen LogP contribution in [-0.4, -0.2) is 57.3 Å². The predicted molar refractivity (Wildman–Crippen MR) is 61.1 cm³/mol. The van der Waals surface area contributed by atoms with Crippen LogP contribution in [0.1, 0.15) is 19.3 Å². The quantitative estimate of drug-likeness (QED) is 0.659. The van der Waals surface area contributed by atoms with Crippen molar-refractivity contribution < 1.29 is 23.0 Å². The van der Waals surface area contributed by atoms with Crippen molar-refractivity contribution in [2.75, 3.05) is 26.4 Å². The summed E-state index contributed by atoms with van der Waals surface area (Å²) in [5.41, 5.74) is 0. The Morgan fingerprint density at radius 1 is 1.35 bits per heavy atom. The fourth-order valence-corrected chi connectivity index (χ4v) is 3.51. The van der Waals surface area contributed by atoms with Crippen molar-refractivity contribution in [2.45, 2.75) is 36.7 Å². The molecule has 100 valence electrons.